The largest absolute Gasteiger partial charge is 0.354 e. The summed E-state index contributed by atoms with van der Waals surface area (Å²) in [7, 11) is 0. The molecular weight excluding hydrogens is 364 g/mol. The number of aryl methyl sites for hydroxylation is 2. The number of halogens is 1. The second kappa shape index (κ2) is 9.20. The molecule has 0 heterocycles. The molecule has 1 aromatic carbocycles. The molecule has 22 heavy (non-hydrogen) atoms. The number of amides is 2. The molecule has 6 heteroatoms. The summed E-state index contributed by atoms with van der Waals surface area (Å²) < 4.78 is 1.07. The molecule has 0 aromatic heterocycles. The third kappa shape index (κ3) is 6.01. The first-order valence-electron chi connectivity index (χ1n) is 7.31. The van der Waals surface area contributed by atoms with Crippen molar-refractivity contribution in [2.75, 3.05) is 12.3 Å². The molecule has 0 bridgehead atoms. The van der Waals surface area contributed by atoms with Gasteiger partial charge in [0.2, 0.25) is 11.8 Å². The van der Waals surface area contributed by atoms with E-state index in [4.69, 9.17) is 0 Å². The topological polar surface area (TPSA) is 58.2 Å². The van der Waals surface area contributed by atoms with E-state index in [1.807, 2.05) is 20.8 Å². The van der Waals surface area contributed by atoms with Crippen molar-refractivity contribution < 1.29 is 9.59 Å². The zero-order chi connectivity index (χ0) is 16.7. The summed E-state index contributed by atoms with van der Waals surface area (Å²) in [6.07, 6.45) is 0.879. The van der Waals surface area contributed by atoms with Crippen LogP contribution in [0.15, 0.2) is 21.5 Å². The van der Waals surface area contributed by atoms with Gasteiger partial charge in [0, 0.05) is 15.9 Å². The van der Waals surface area contributed by atoms with Crippen LogP contribution in [0.1, 0.15) is 31.4 Å². The predicted octanol–water partition coefficient (Wildman–Crippen LogP) is 3.19. The number of hydrogen-bond donors (Lipinski definition) is 2. The van der Waals surface area contributed by atoms with Crippen LogP contribution in [0.3, 0.4) is 0 Å². The Kier molecular flexibility index (Phi) is 7.96. The van der Waals surface area contributed by atoms with Gasteiger partial charge in [-0.3, -0.25) is 9.59 Å². The lowest BCUT2D eigenvalue weighted by Crippen LogP contribution is -2.45. The van der Waals surface area contributed by atoms with Crippen LogP contribution in [0, 0.1) is 13.8 Å². The molecule has 0 radical (unpaired) electrons. The third-order valence-corrected chi connectivity index (χ3v) is 5.15. The van der Waals surface area contributed by atoms with Crippen LogP contribution < -0.4 is 10.6 Å². The average Bonchev–Trinajstić information content (AvgIpc) is 2.46. The van der Waals surface area contributed by atoms with E-state index in [9.17, 15) is 9.59 Å². The fraction of sp³-hybridized carbons (Fsp3) is 0.500. The van der Waals surface area contributed by atoms with Gasteiger partial charge >= 0.3 is 0 Å². The second-order valence-corrected chi connectivity index (χ2v) is 7.11. The Hall–Kier alpha value is -1.01. The fourth-order valence-electron chi connectivity index (χ4n) is 1.80. The van der Waals surface area contributed by atoms with E-state index in [1.54, 1.807) is 6.92 Å². The van der Waals surface area contributed by atoms with E-state index in [0.717, 1.165) is 26.9 Å². The second-order valence-electron chi connectivity index (χ2n) is 5.24. The van der Waals surface area contributed by atoms with Crippen LogP contribution in [-0.2, 0) is 9.59 Å². The van der Waals surface area contributed by atoms with Gasteiger partial charge < -0.3 is 10.6 Å². The predicted molar refractivity (Wildman–Crippen MR) is 95.2 cm³/mol. The lowest BCUT2D eigenvalue weighted by Gasteiger charge is -2.14. The van der Waals surface area contributed by atoms with Gasteiger partial charge in [0.05, 0.1) is 5.75 Å². The number of nitrogens with one attached hydrogen (secondary N) is 2. The third-order valence-electron chi connectivity index (χ3n) is 3.13. The Bertz CT molecular complexity index is 549. The molecule has 0 saturated carbocycles. The van der Waals surface area contributed by atoms with Gasteiger partial charge in [-0.1, -0.05) is 22.9 Å². The molecule has 0 aliphatic rings. The van der Waals surface area contributed by atoms with Crippen LogP contribution >= 0.6 is 27.7 Å². The van der Waals surface area contributed by atoms with Crippen molar-refractivity contribution >= 4 is 39.5 Å². The van der Waals surface area contributed by atoms with Crippen LogP contribution in [0.5, 0.6) is 0 Å². The van der Waals surface area contributed by atoms with E-state index in [2.05, 4.69) is 38.7 Å². The first-order chi connectivity index (χ1) is 10.3. The van der Waals surface area contributed by atoms with Crippen molar-refractivity contribution in [1.29, 1.82) is 0 Å². The molecule has 0 aliphatic heterocycles. The summed E-state index contributed by atoms with van der Waals surface area (Å²) in [5.74, 6) is 0.0211. The Morgan fingerprint density at radius 3 is 2.59 bits per heavy atom. The van der Waals surface area contributed by atoms with E-state index in [1.165, 1.54) is 11.8 Å². The highest BCUT2D eigenvalue weighted by Gasteiger charge is 2.15. The average molecular weight is 387 g/mol. The zero-order valence-electron chi connectivity index (χ0n) is 13.5. The number of rotatable bonds is 7. The van der Waals surface area contributed by atoms with Crippen LogP contribution in [0.4, 0.5) is 0 Å². The Labute approximate surface area is 144 Å². The smallest absolute Gasteiger partial charge is 0.242 e. The molecule has 0 spiro atoms. The minimum Gasteiger partial charge on any atom is -0.354 e. The van der Waals surface area contributed by atoms with E-state index < -0.39 is 6.04 Å². The maximum absolute atomic E-state index is 11.9. The molecule has 0 aliphatic carbocycles. The molecule has 2 N–H and O–H groups in total. The van der Waals surface area contributed by atoms with Crippen molar-refractivity contribution in [2.24, 2.45) is 0 Å². The Balaban J connectivity index is 2.49. The van der Waals surface area contributed by atoms with E-state index in [-0.39, 0.29) is 11.8 Å². The SMILES string of the molecule is CCCNC(=O)[C@@H](C)NC(=O)CSc1cc(C)c(Br)cc1C. The molecule has 0 saturated heterocycles. The molecule has 1 rings (SSSR count). The fourth-order valence-corrected chi connectivity index (χ4v) is 3.18. The van der Waals surface area contributed by atoms with Gasteiger partial charge in [-0.2, -0.15) is 0 Å². The molecule has 1 atom stereocenters. The van der Waals surface area contributed by atoms with Crippen LogP contribution in [-0.4, -0.2) is 30.2 Å². The van der Waals surface area contributed by atoms with Crippen molar-refractivity contribution in [1.82, 2.24) is 10.6 Å². The molecule has 122 valence electrons. The highest BCUT2D eigenvalue weighted by atomic mass is 79.9. The maximum atomic E-state index is 11.9. The number of carbonyl (C=O) groups is 2. The summed E-state index contributed by atoms with van der Waals surface area (Å²) in [6, 6.07) is 3.61. The van der Waals surface area contributed by atoms with Gasteiger partial charge in [0.15, 0.2) is 0 Å². The highest BCUT2D eigenvalue weighted by Crippen LogP contribution is 2.28. The maximum Gasteiger partial charge on any atom is 0.242 e. The quantitative estimate of drug-likeness (QED) is 0.707. The Morgan fingerprint density at radius 1 is 1.27 bits per heavy atom. The summed E-state index contributed by atoms with van der Waals surface area (Å²) in [5.41, 5.74) is 2.27. The first kappa shape index (κ1) is 19.0. The standard InChI is InChI=1S/C16H23BrN2O2S/c1-5-6-18-16(21)12(4)19-15(20)9-22-14-8-10(2)13(17)7-11(14)3/h7-8,12H,5-6,9H2,1-4H3,(H,18,21)(H,19,20)/t12-/m1/s1. The van der Waals surface area contributed by atoms with Gasteiger partial charge in [-0.05, 0) is 50.5 Å². The lowest BCUT2D eigenvalue weighted by molar-refractivity contribution is -0.127. The summed E-state index contributed by atoms with van der Waals surface area (Å²) in [6.45, 7) is 8.36. The monoisotopic (exact) mass is 386 g/mol. The van der Waals surface area contributed by atoms with Crippen LogP contribution in [0.25, 0.3) is 0 Å². The van der Waals surface area contributed by atoms with Gasteiger partial charge in [0.25, 0.3) is 0 Å². The number of hydrogen-bond acceptors (Lipinski definition) is 3. The summed E-state index contributed by atoms with van der Waals surface area (Å²) in [4.78, 5) is 24.7. The number of thioether (sulfide) groups is 1. The first-order valence-corrected chi connectivity index (χ1v) is 9.09. The Morgan fingerprint density at radius 2 is 1.95 bits per heavy atom. The van der Waals surface area contributed by atoms with Crippen molar-refractivity contribution in [2.45, 2.75) is 45.1 Å². The molecular formula is C16H23BrN2O2S. The number of carbonyl (C=O) groups excluding carboxylic acids is 2. The summed E-state index contributed by atoms with van der Waals surface area (Å²) in [5, 5.41) is 5.49. The molecule has 4 nitrogen and oxygen atoms in total. The molecule has 1 aromatic rings. The minimum absolute atomic E-state index is 0.135. The molecule has 0 unspecified atom stereocenters. The van der Waals surface area contributed by atoms with Gasteiger partial charge in [-0.15, -0.1) is 11.8 Å². The van der Waals surface area contributed by atoms with Gasteiger partial charge in [-0.25, -0.2) is 0 Å². The lowest BCUT2D eigenvalue weighted by atomic mass is 10.2. The van der Waals surface area contributed by atoms with Crippen molar-refractivity contribution in [3.63, 3.8) is 0 Å². The molecule has 2 amide bonds. The van der Waals surface area contributed by atoms with Crippen molar-refractivity contribution in [3.8, 4) is 0 Å². The van der Waals surface area contributed by atoms with E-state index >= 15 is 0 Å². The van der Waals surface area contributed by atoms with Crippen molar-refractivity contribution in [3.05, 3.63) is 27.7 Å². The highest BCUT2D eigenvalue weighted by molar-refractivity contribution is 9.10. The normalized spacial score (nSPS) is 11.9. The zero-order valence-corrected chi connectivity index (χ0v) is 15.9. The summed E-state index contributed by atoms with van der Waals surface area (Å²) >= 11 is 4.98. The van der Waals surface area contributed by atoms with Gasteiger partial charge in [0.1, 0.15) is 6.04 Å². The minimum atomic E-state index is -0.507. The molecule has 0 fully saturated rings. The van der Waals surface area contributed by atoms with E-state index in [0.29, 0.717) is 12.3 Å². The van der Waals surface area contributed by atoms with Crippen LogP contribution in [0.2, 0.25) is 0 Å². The number of benzene rings is 1.